The third-order valence-corrected chi connectivity index (χ3v) is 5.70. The molecule has 3 aromatic rings. The van der Waals surface area contributed by atoms with Crippen molar-refractivity contribution in [3.05, 3.63) is 72.8 Å². The van der Waals surface area contributed by atoms with Gasteiger partial charge in [-0.1, -0.05) is 12.1 Å². The summed E-state index contributed by atoms with van der Waals surface area (Å²) in [5.41, 5.74) is 1.20. The van der Waals surface area contributed by atoms with E-state index in [0.29, 0.717) is 41.0 Å². The van der Waals surface area contributed by atoms with E-state index in [1.807, 2.05) is 19.1 Å². The van der Waals surface area contributed by atoms with Gasteiger partial charge < -0.3 is 29.2 Å². The first-order valence-electron chi connectivity index (χ1n) is 11.9. The third kappa shape index (κ3) is 6.58. The molecule has 0 unspecified atom stereocenters. The van der Waals surface area contributed by atoms with Gasteiger partial charge in [0.05, 0.1) is 19.6 Å². The molecule has 1 heterocycles. The average molecular weight is 505 g/mol. The van der Waals surface area contributed by atoms with Crippen molar-refractivity contribution < 1.29 is 33.3 Å². The number of carbonyl (C=O) groups is 3. The Balaban J connectivity index is 1.28. The molecular weight excluding hydrogens is 476 g/mol. The van der Waals surface area contributed by atoms with Crippen molar-refractivity contribution in [2.75, 3.05) is 37.1 Å². The Morgan fingerprint density at radius 3 is 2.30 bits per heavy atom. The maximum atomic E-state index is 12.6. The van der Waals surface area contributed by atoms with Crippen molar-refractivity contribution in [2.24, 2.45) is 5.92 Å². The van der Waals surface area contributed by atoms with Crippen LogP contribution in [0.1, 0.15) is 13.3 Å². The van der Waals surface area contributed by atoms with Crippen LogP contribution in [0.2, 0.25) is 0 Å². The van der Waals surface area contributed by atoms with Gasteiger partial charge >= 0.3 is 5.97 Å². The lowest BCUT2D eigenvalue weighted by Gasteiger charge is -2.17. The lowest BCUT2D eigenvalue weighted by molar-refractivity contribution is -0.151. The number of nitrogens with one attached hydrogen (secondary N) is 1. The van der Waals surface area contributed by atoms with Crippen molar-refractivity contribution in [1.82, 2.24) is 0 Å². The smallest absolute Gasteiger partial charge is 0.311 e. The molecule has 1 saturated heterocycles. The number of nitrogens with zero attached hydrogens (tertiary/aromatic N) is 1. The highest BCUT2D eigenvalue weighted by Gasteiger charge is 2.36. The largest absolute Gasteiger partial charge is 0.494 e. The molecule has 1 fully saturated rings. The quantitative estimate of drug-likeness (QED) is 0.408. The van der Waals surface area contributed by atoms with E-state index in [4.69, 9.17) is 18.9 Å². The SMILES string of the molecule is CCOc1ccc(NC(=O)COC(=O)[C@H]2CC(=O)N(c3ccc(Oc4ccccc4OC)cc3)C2)cc1. The van der Waals surface area contributed by atoms with Gasteiger partial charge in [-0.15, -0.1) is 0 Å². The molecule has 37 heavy (non-hydrogen) atoms. The van der Waals surface area contributed by atoms with Crippen LogP contribution in [0.3, 0.4) is 0 Å². The van der Waals surface area contributed by atoms with Gasteiger partial charge in [-0.3, -0.25) is 14.4 Å². The van der Waals surface area contributed by atoms with Crippen LogP contribution in [0.25, 0.3) is 0 Å². The number of amides is 2. The number of hydrogen-bond donors (Lipinski definition) is 1. The number of carbonyl (C=O) groups excluding carboxylic acids is 3. The fourth-order valence-corrected chi connectivity index (χ4v) is 3.89. The average Bonchev–Trinajstić information content (AvgIpc) is 3.31. The summed E-state index contributed by atoms with van der Waals surface area (Å²) in [5.74, 6) is 0.545. The summed E-state index contributed by atoms with van der Waals surface area (Å²) in [6, 6.07) is 21.2. The summed E-state index contributed by atoms with van der Waals surface area (Å²) in [4.78, 5) is 38.8. The molecule has 1 aliphatic rings. The van der Waals surface area contributed by atoms with Gasteiger partial charge in [-0.05, 0) is 67.6 Å². The van der Waals surface area contributed by atoms with E-state index in [-0.39, 0.29) is 18.9 Å². The zero-order valence-corrected chi connectivity index (χ0v) is 20.6. The predicted octanol–water partition coefficient (Wildman–Crippen LogP) is 4.42. The molecule has 0 aliphatic carbocycles. The molecule has 0 radical (unpaired) electrons. The highest BCUT2D eigenvalue weighted by Crippen LogP contribution is 2.33. The highest BCUT2D eigenvalue weighted by atomic mass is 16.5. The van der Waals surface area contributed by atoms with Crippen LogP contribution in [-0.4, -0.2) is 44.7 Å². The van der Waals surface area contributed by atoms with E-state index >= 15 is 0 Å². The number of rotatable bonds is 10. The van der Waals surface area contributed by atoms with Crippen LogP contribution < -0.4 is 24.4 Å². The predicted molar refractivity (Wildman–Crippen MR) is 137 cm³/mol. The van der Waals surface area contributed by atoms with Crippen LogP contribution >= 0.6 is 0 Å². The maximum Gasteiger partial charge on any atom is 0.311 e. The maximum absolute atomic E-state index is 12.6. The van der Waals surface area contributed by atoms with Gasteiger partial charge in [0, 0.05) is 24.3 Å². The number of benzene rings is 3. The molecule has 1 atom stereocenters. The van der Waals surface area contributed by atoms with Crippen molar-refractivity contribution in [3.8, 4) is 23.0 Å². The number of ether oxygens (including phenoxy) is 4. The Bertz CT molecular complexity index is 1240. The van der Waals surface area contributed by atoms with Crippen LogP contribution in [-0.2, 0) is 19.1 Å². The Labute approximate surface area is 214 Å². The van der Waals surface area contributed by atoms with E-state index in [2.05, 4.69) is 5.32 Å². The van der Waals surface area contributed by atoms with E-state index in [0.717, 1.165) is 0 Å². The minimum absolute atomic E-state index is 0.0127. The molecular formula is C28H28N2O7. The molecule has 192 valence electrons. The molecule has 9 nitrogen and oxygen atoms in total. The van der Waals surface area contributed by atoms with Crippen molar-refractivity contribution in [2.45, 2.75) is 13.3 Å². The molecule has 0 bridgehead atoms. The first-order chi connectivity index (χ1) is 18.0. The Hall–Kier alpha value is -4.53. The van der Waals surface area contributed by atoms with Crippen molar-refractivity contribution >= 4 is 29.2 Å². The van der Waals surface area contributed by atoms with Gasteiger partial charge in [0.25, 0.3) is 5.91 Å². The summed E-state index contributed by atoms with van der Waals surface area (Å²) in [6.07, 6.45) is 0.0127. The van der Waals surface area contributed by atoms with Crippen LogP contribution in [0.4, 0.5) is 11.4 Å². The van der Waals surface area contributed by atoms with E-state index in [1.165, 1.54) is 4.90 Å². The summed E-state index contributed by atoms with van der Waals surface area (Å²) in [7, 11) is 1.57. The molecule has 1 aliphatic heterocycles. The minimum atomic E-state index is -0.657. The van der Waals surface area contributed by atoms with Crippen LogP contribution in [0.5, 0.6) is 23.0 Å². The second kappa shape index (κ2) is 11.9. The van der Waals surface area contributed by atoms with Gasteiger partial charge in [0.1, 0.15) is 11.5 Å². The Morgan fingerprint density at radius 2 is 1.62 bits per heavy atom. The van der Waals surface area contributed by atoms with E-state index < -0.39 is 24.4 Å². The summed E-state index contributed by atoms with van der Waals surface area (Å²) in [5, 5.41) is 2.66. The molecule has 0 saturated carbocycles. The van der Waals surface area contributed by atoms with Crippen molar-refractivity contribution in [1.29, 1.82) is 0 Å². The summed E-state index contributed by atoms with van der Waals surface area (Å²) in [6.45, 7) is 2.17. The number of para-hydroxylation sites is 2. The number of esters is 1. The molecule has 4 rings (SSSR count). The lowest BCUT2D eigenvalue weighted by atomic mass is 10.1. The van der Waals surface area contributed by atoms with Gasteiger partial charge in [0.2, 0.25) is 5.91 Å². The fourth-order valence-electron chi connectivity index (χ4n) is 3.89. The van der Waals surface area contributed by atoms with E-state index in [1.54, 1.807) is 67.8 Å². The normalized spacial score (nSPS) is 14.7. The Kier molecular flexibility index (Phi) is 8.25. The first kappa shape index (κ1) is 25.6. The summed E-state index contributed by atoms with van der Waals surface area (Å²) >= 11 is 0. The van der Waals surface area contributed by atoms with Gasteiger partial charge in [-0.25, -0.2) is 0 Å². The second-order valence-electron chi connectivity index (χ2n) is 8.27. The molecule has 2 amide bonds. The van der Waals surface area contributed by atoms with E-state index in [9.17, 15) is 14.4 Å². The van der Waals surface area contributed by atoms with Gasteiger partial charge in [0.15, 0.2) is 18.1 Å². The molecule has 9 heteroatoms. The van der Waals surface area contributed by atoms with Crippen LogP contribution in [0.15, 0.2) is 72.8 Å². The fraction of sp³-hybridized carbons (Fsp3) is 0.250. The standard InChI is InChI=1S/C28H28N2O7/c1-3-35-22-12-8-20(9-13-22)29-26(31)18-36-28(33)19-16-27(32)30(17-19)21-10-14-23(15-11-21)37-25-7-5-4-6-24(25)34-2/h4-15,19H,3,16-18H2,1-2H3,(H,29,31)/t19-/m0/s1. The van der Waals surface area contributed by atoms with Gasteiger partial charge in [-0.2, -0.15) is 0 Å². The molecule has 0 aromatic heterocycles. The lowest BCUT2D eigenvalue weighted by Crippen LogP contribution is -2.28. The zero-order valence-electron chi connectivity index (χ0n) is 20.6. The first-order valence-corrected chi connectivity index (χ1v) is 11.9. The molecule has 1 N–H and O–H groups in total. The van der Waals surface area contributed by atoms with Crippen LogP contribution in [0, 0.1) is 5.92 Å². The molecule has 3 aromatic carbocycles. The number of anilines is 2. The van der Waals surface area contributed by atoms with Crippen molar-refractivity contribution in [3.63, 3.8) is 0 Å². The topological polar surface area (TPSA) is 103 Å². The second-order valence-corrected chi connectivity index (χ2v) is 8.27. The monoisotopic (exact) mass is 504 g/mol. The number of hydrogen-bond acceptors (Lipinski definition) is 7. The molecule has 0 spiro atoms. The Morgan fingerprint density at radius 1 is 0.946 bits per heavy atom. The number of methoxy groups -OCH3 is 1. The summed E-state index contributed by atoms with van der Waals surface area (Å²) < 4.78 is 21.7. The third-order valence-electron chi connectivity index (χ3n) is 5.70. The minimum Gasteiger partial charge on any atom is -0.494 e. The zero-order chi connectivity index (χ0) is 26.2. The highest BCUT2D eigenvalue weighted by molar-refractivity contribution is 6.00.